The number of nitrogens with zero attached hydrogens (tertiary/aromatic N) is 2. The number of benzene rings is 3. The summed E-state index contributed by atoms with van der Waals surface area (Å²) in [5.41, 5.74) is 1.47. The van der Waals surface area contributed by atoms with Gasteiger partial charge in [0.05, 0.1) is 16.9 Å². The summed E-state index contributed by atoms with van der Waals surface area (Å²) in [4.78, 5) is 10.9. The molecule has 0 unspecified atom stereocenters. The number of carboxylic acids is 1. The Morgan fingerprint density at radius 1 is 0.857 bits per heavy atom. The normalized spacial score (nSPS) is 11.0. The highest BCUT2D eigenvalue weighted by Crippen LogP contribution is 2.27. The molecule has 0 radical (unpaired) electrons. The van der Waals surface area contributed by atoms with E-state index >= 15 is 0 Å². The first-order chi connectivity index (χ1) is 10.2. The van der Waals surface area contributed by atoms with Crippen LogP contribution < -0.4 is 0 Å². The van der Waals surface area contributed by atoms with Gasteiger partial charge in [-0.3, -0.25) is 0 Å². The molecule has 3 aromatic carbocycles. The number of azo groups is 1. The van der Waals surface area contributed by atoms with Gasteiger partial charge >= 0.3 is 5.97 Å². The van der Waals surface area contributed by atoms with Crippen molar-refractivity contribution in [1.82, 2.24) is 0 Å². The Hall–Kier alpha value is -3.01. The van der Waals surface area contributed by atoms with Crippen LogP contribution >= 0.6 is 0 Å². The second-order valence-corrected chi connectivity index (χ2v) is 4.55. The Labute approximate surface area is 121 Å². The molecule has 0 amide bonds. The molecule has 0 spiro atoms. The van der Waals surface area contributed by atoms with Gasteiger partial charge in [-0.05, 0) is 29.7 Å². The Kier molecular flexibility index (Phi) is 3.43. The number of hydrogen-bond acceptors (Lipinski definition) is 3. The molecule has 3 aromatic rings. The first-order valence-electron chi connectivity index (χ1n) is 6.47. The van der Waals surface area contributed by atoms with Crippen molar-refractivity contribution in [3.8, 4) is 0 Å². The van der Waals surface area contributed by atoms with Crippen molar-refractivity contribution in [1.29, 1.82) is 0 Å². The molecule has 4 heteroatoms. The van der Waals surface area contributed by atoms with E-state index in [4.69, 9.17) is 5.11 Å². The van der Waals surface area contributed by atoms with Crippen LogP contribution in [-0.2, 0) is 0 Å². The standard InChI is InChI=1S/C17H12N2O2/c20-17(21)13-7-3-8-14(11-13)18-19-16-10-4-6-12-5-1-2-9-15(12)16/h1-11H,(H,20,21). The maximum atomic E-state index is 10.9. The maximum Gasteiger partial charge on any atom is 0.335 e. The molecule has 0 aliphatic rings. The van der Waals surface area contributed by atoms with Gasteiger partial charge in [0.25, 0.3) is 0 Å². The maximum absolute atomic E-state index is 10.9. The summed E-state index contributed by atoms with van der Waals surface area (Å²) < 4.78 is 0. The van der Waals surface area contributed by atoms with Crippen molar-refractivity contribution in [3.63, 3.8) is 0 Å². The summed E-state index contributed by atoms with van der Waals surface area (Å²) in [6, 6.07) is 20.1. The van der Waals surface area contributed by atoms with Crippen LogP contribution in [-0.4, -0.2) is 11.1 Å². The van der Waals surface area contributed by atoms with Crippen molar-refractivity contribution < 1.29 is 9.90 Å². The van der Waals surface area contributed by atoms with Crippen molar-refractivity contribution in [2.75, 3.05) is 0 Å². The van der Waals surface area contributed by atoms with Gasteiger partial charge in [-0.2, -0.15) is 5.11 Å². The van der Waals surface area contributed by atoms with E-state index in [1.54, 1.807) is 12.1 Å². The molecule has 0 aliphatic carbocycles. The fraction of sp³-hybridized carbons (Fsp3) is 0. The average molecular weight is 276 g/mol. The number of hydrogen-bond donors (Lipinski definition) is 1. The summed E-state index contributed by atoms with van der Waals surface area (Å²) in [7, 11) is 0. The monoisotopic (exact) mass is 276 g/mol. The van der Waals surface area contributed by atoms with E-state index in [9.17, 15) is 4.79 Å². The number of fused-ring (bicyclic) bond motifs is 1. The van der Waals surface area contributed by atoms with Gasteiger partial charge in [-0.1, -0.05) is 42.5 Å². The third-order valence-corrected chi connectivity index (χ3v) is 3.13. The lowest BCUT2D eigenvalue weighted by Gasteiger charge is -2.00. The SMILES string of the molecule is O=C(O)c1cccc(N=Nc2cccc3ccccc23)c1. The quantitative estimate of drug-likeness (QED) is 0.688. The lowest BCUT2D eigenvalue weighted by molar-refractivity contribution is 0.0697. The van der Waals surface area contributed by atoms with Gasteiger partial charge in [0.2, 0.25) is 0 Å². The molecular formula is C17H12N2O2. The molecule has 0 saturated heterocycles. The molecule has 102 valence electrons. The summed E-state index contributed by atoms with van der Waals surface area (Å²) in [6.07, 6.45) is 0. The van der Waals surface area contributed by atoms with Gasteiger partial charge in [-0.15, -0.1) is 5.11 Å². The summed E-state index contributed by atoms with van der Waals surface area (Å²) in [5.74, 6) is -0.975. The van der Waals surface area contributed by atoms with Crippen LogP contribution in [0.4, 0.5) is 11.4 Å². The number of carbonyl (C=O) groups is 1. The van der Waals surface area contributed by atoms with E-state index in [0.717, 1.165) is 16.5 Å². The zero-order valence-corrected chi connectivity index (χ0v) is 11.1. The highest BCUT2D eigenvalue weighted by atomic mass is 16.4. The Balaban J connectivity index is 1.98. The largest absolute Gasteiger partial charge is 0.478 e. The molecule has 0 bridgehead atoms. The van der Waals surface area contributed by atoms with E-state index in [1.807, 2.05) is 42.5 Å². The fourth-order valence-corrected chi connectivity index (χ4v) is 2.11. The first kappa shape index (κ1) is 13.0. The van der Waals surface area contributed by atoms with E-state index in [2.05, 4.69) is 10.2 Å². The van der Waals surface area contributed by atoms with Crippen molar-refractivity contribution >= 4 is 28.1 Å². The molecule has 0 saturated carbocycles. The van der Waals surface area contributed by atoms with Crippen LogP contribution in [0.1, 0.15) is 10.4 Å². The Morgan fingerprint density at radius 2 is 1.62 bits per heavy atom. The molecule has 0 atom stereocenters. The van der Waals surface area contributed by atoms with Gasteiger partial charge < -0.3 is 5.11 Å². The lowest BCUT2D eigenvalue weighted by Crippen LogP contribution is -1.94. The second kappa shape index (κ2) is 5.54. The number of rotatable bonds is 3. The van der Waals surface area contributed by atoms with Crippen LogP contribution in [0.25, 0.3) is 10.8 Å². The van der Waals surface area contributed by atoms with Gasteiger partial charge in [-0.25, -0.2) is 4.79 Å². The molecule has 3 rings (SSSR count). The van der Waals surface area contributed by atoms with Crippen LogP contribution in [0.2, 0.25) is 0 Å². The summed E-state index contributed by atoms with van der Waals surface area (Å²) in [6.45, 7) is 0. The van der Waals surface area contributed by atoms with Crippen molar-refractivity contribution in [3.05, 3.63) is 72.3 Å². The van der Waals surface area contributed by atoms with Crippen LogP contribution in [0, 0.1) is 0 Å². The van der Waals surface area contributed by atoms with Gasteiger partial charge in [0.1, 0.15) is 0 Å². The first-order valence-corrected chi connectivity index (χ1v) is 6.47. The third-order valence-electron chi connectivity index (χ3n) is 3.13. The van der Waals surface area contributed by atoms with E-state index in [1.165, 1.54) is 12.1 Å². The molecular weight excluding hydrogens is 264 g/mol. The molecule has 0 aliphatic heterocycles. The number of carboxylic acid groups (broad SMARTS) is 1. The minimum atomic E-state index is -0.975. The van der Waals surface area contributed by atoms with Crippen LogP contribution in [0.3, 0.4) is 0 Å². The third kappa shape index (κ3) is 2.79. The van der Waals surface area contributed by atoms with Crippen LogP contribution in [0.15, 0.2) is 77.0 Å². The van der Waals surface area contributed by atoms with Gasteiger partial charge in [0.15, 0.2) is 0 Å². The highest BCUT2D eigenvalue weighted by molar-refractivity contribution is 5.92. The Morgan fingerprint density at radius 3 is 2.48 bits per heavy atom. The zero-order chi connectivity index (χ0) is 14.7. The zero-order valence-electron chi connectivity index (χ0n) is 11.1. The Bertz CT molecular complexity index is 836. The smallest absolute Gasteiger partial charge is 0.335 e. The number of aromatic carboxylic acids is 1. The van der Waals surface area contributed by atoms with E-state index in [0.29, 0.717) is 5.69 Å². The topological polar surface area (TPSA) is 62.0 Å². The van der Waals surface area contributed by atoms with Gasteiger partial charge in [0, 0.05) is 5.39 Å². The highest BCUT2D eigenvalue weighted by Gasteiger charge is 2.03. The van der Waals surface area contributed by atoms with E-state index in [-0.39, 0.29) is 5.56 Å². The molecule has 0 heterocycles. The predicted molar refractivity (Wildman–Crippen MR) is 81.5 cm³/mol. The van der Waals surface area contributed by atoms with E-state index < -0.39 is 5.97 Å². The minimum absolute atomic E-state index is 0.198. The molecule has 21 heavy (non-hydrogen) atoms. The summed E-state index contributed by atoms with van der Waals surface area (Å²) >= 11 is 0. The minimum Gasteiger partial charge on any atom is -0.478 e. The average Bonchev–Trinajstić information content (AvgIpc) is 2.53. The van der Waals surface area contributed by atoms with Crippen molar-refractivity contribution in [2.45, 2.75) is 0 Å². The predicted octanol–water partition coefficient (Wildman–Crippen LogP) is 4.95. The molecule has 4 nitrogen and oxygen atoms in total. The molecule has 0 fully saturated rings. The molecule has 0 aromatic heterocycles. The van der Waals surface area contributed by atoms with Crippen molar-refractivity contribution in [2.24, 2.45) is 10.2 Å². The summed E-state index contributed by atoms with van der Waals surface area (Å²) in [5, 5.41) is 19.4. The van der Waals surface area contributed by atoms with Crippen LogP contribution in [0.5, 0.6) is 0 Å². The molecule has 1 N–H and O–H groups in total. The fourth-order valence-electron chi connectivity index (χ4n) is 2.11. The second-order valence-electron chi connectivity index (χ2n) is 4.55. The lowest BCUT2D eigenvalue weighted by atomic mass is 10.1.